The number of imidazole rings is 1. The Morgan fingerprint density at radius 1 is 0.951 bits per heavy atom. The fourth-order valence-corrected chi connectivity index (χ4v) is 6.31. The van der Waals surface area contributed by atoms with Crippen molar-refractivity contribution in [2.45, 2.75) is 31.3 Å². The molecule has 6 nitrogen and oxygen atoms in total. The van der Waals surface area contributed by atoms with Gasteiger partial charge in [0.25, 0.3) is 5.91 Å². The Morgan fingerprint density at radius 2 is 1.71 bits per heavy atom. The van der Waals surface area contributed by atoms with Gasteiger partial charge in [-0.3, -0.25) is 4.79 Å². The van der Waals surface area contributed by atoms with Crippen LogP contribution in [-0.2, 0) is 6.54 Å². The Balaban J connectivity index is 1.22. The van der Waals surface area contributed by atoms with Crippen LogP contribution in [0.2, 0.25) is 0 Å². The lowest BCUT2D eigenvalue weighted by molar-refractivity contribution is 0.0723. The van der Waals surface area contributed by atoms with Gasteiger partial charge in [0.1, 0.15) is 23.4 Å². The number of aromatic nitrogens is 2. The number of nitrogens with one attached hydrogen (secondary N) is 1. The summed E-state index contributed by atoms with van der Waals surface area (Å²) in [7, 11) is 2.18. The summed E-state index contributed by atoms with van der Waals surface area (Å²) in [4.78, 5) is 26.0. The van der Waals surface area contributed by atoms with E-state index in [-0.39, 0.29) is 17.2 Å². The number of likely N-dealkylation sites (tertiary alicyclic amines) is 1. The highest BCUT2D eigenvalue weighted by atomic mass is 19.1. The second-order valence-electron chi connectivity index (χ2n) is 11.2. The average molecular weight is 547 g/mol. The number of phenolic OH excluding ortho intramolecular Hbond substituents is 1. The summed E-state index contributed by atoms with van der Waals surface area (Å²) < 4.78 is 14.4. The molecule has 41 heavy (non-hydrogen) atoms. The molecule has 206 valence electrons. The molecular weight excluding hydrogens is 515 g/mol. The van der Waals surface area contributed by atoms with Gasteiger partial charge in [0, 0.05) is 17.7 Å². The number of halogens is 1. The van der Waals surface area contributed by atoms with Crippen LogP contribution >= 0.6 is 0 Å². The van der Waals surface area contributed by atoms with Crippen LogP contribution in [0.25, 0.3) is 22.2 Å². The fourth-order valence-electron chi connectivity index (χ4n) is 6.31. The van der Waals surface area contributed by atoms with Crippen molar-refractivity contribution in [2.24, 2.45) is 0 Å². The second-order valence-corrected chi connectivity index (χ2v) is 11.2. The zero-order valence-corrected chi connectivity index (χ0v) is 22.8. The van der Waals surface area contributed by atoms with Crippen molar-refractivity contribution in [1.82, 2.24) is 19.8 Å². The highest BCUT2D eigenvalue weighted by Gasteiger charge is 2.37. The molecule has 1 amide bonds. The van der Waals surface area contributed by atoms with E-state index >= 15 is 0 Å². The molecule has 2 N–H and O–H groups in total. The molecular formula is C34H31FN4O2. The van der Waals surface area contributed by atoms with E-state index in [0.29, 0.717) is 23.9 Å². The van der Waals surface area contributed by atoms with Crippen LogP contribution < -0.4 is 0 Å². The Labute approximate surface area is 238 Å². The topological polar surface area (TPSA) is 72.5 Å². The molecule has 0 saturated carbocycles. The molecule has 0 unspecified atom stereocenters. The van der Waals surface area contributed by atoms with Crippen LogP contribution in [-0.4, -0.2) is 50.9 Å². The SMILES string of the molecule is CN1CCC(c2ccc(-c3ccc4c(c3)C(=O)N([C@@H](c3nc5ccccc5[nH]3)c3cc(F)ccc3O)C4)cc2)CC1. The molecule has 4 aromatic carbocycles. The third kappa shape index (κ3) is 4.66. The monoisotopic (exact) mass is 546 g/mol. The lowest BCUT2D eigenvalue weighted by atomic mass is 9.88. The van der Waals surface area contributed by atoms with E-state index in [4.69, 9.17) is 4.98 Å². The fraction of sp³-hybridized carbons (Fsp3) is 0.235. The number of carbonyl (C=O) groups excluding carboxylic acids is 1. The molecule has 2 aliphatic heterocycles. The summed E-state index contributed by atoms with van der Waals surface area (Å²) in [5, 5.41) is 10.8. The van der Waals surface area contributed by atoms with Gasteiger partial charge >= 0.3 is 0 Å². The van der Waals surface area contributed by atoms with Gasteiger partial charge in [-0.1, -0.05) is 48.5 Å². The van der Waals surface area contributed by atoms with Gasteiger partial charge in [-0.2, -0.15) is 0 Å². The number of carbonyl (C=O) groups is 1. The van der Waals surface area contributed by atoms with E-state index in [0.717, 1.165) is 40.8 Å². The van der Waals surface area contributed by atoms with Crippen LogP contribution in [0.15, 0.2) is 84.9 Å². The summed E-state index contributed by atoms with van der Waals surface area (Å²) in [6.45, 7) is 2.57. The van der Waals surface area contributed by atoms with Crippen LogP contribution in [0.4, 0.5) is 4.39 Å². The number of H-pyrrole nitrogens is 1. The van der Waals surface area contributed by atoms with E-state index < -0.39 is 11.9 Å². The van der Waals surface area contributed by atoms with Gasteiger partial charge in [0.05, 0.1) is 11.0 Å². The average Bonchev–Trinajstić information content (AvgIpc) is 3.56. The number of piperidine rings is 1. The lowest BCUT2D eigenvalue weighted by Gasteiger charge is -2.29. The van der Waals surface area contributed by atoms with Crippen molar-refractivity contribution in [2.75, 3.05) is 20.1 Å². The summed E-state index contributed by atoms with van der Waals surface area (Å²) in [6.07, 6.45) is 2.35. The molecule has 0 spiro atoms. The zero-order chi connectivity index (χ0) is 28.1. The number of fused-ring (bicyclic) bond motifs is 2. The zero-order valence-electron chi connectivity index (χ0n) is 22.8. The minimum Gasteiger partial charge on any atom is -0.508 e. The minimum absolute atomic E-state index is 0.0917. The predicted octanol–water partition coefficient (Wildman–Crippen LogP) is 6.63. The first kappa shape index (κ1) is 25.5. The van der Waals surface area contributed by atoms with Gasteiger partial charge in [-0.15, -0.1) is 0 Å². The van der Waals surface area contributed by atoms with Gasteiger partial charge in [0.2, 0.25) is 0 Å². The van der Waals surface area contributed by atoms with Crippen molar-refractivity contribution < 1.29 is 14.3 Å². The number of benzene rings is 4. The maximum Gasteiger partial charge on any atom is 0.255 e. The summed E-state index contributed by atoms with van der Waals surface area (Å²) in [5.74, 6) is 0.293. The van der Waals surface area contributed by atoms with E-state index in [9.17, 15) is 14.3 Å². The van der Waals surface area contributed by atoms with Crippen molar-refractivity contribution in [3.63, 3.8) is 0 Å². The number of amides is 1. The van der Waals surface area contributed by atoms with Crippen LogP contribution in [0.5, 0.6) is 5.75 Å². The first-order chi connectivity index (χ1) is 19.9. The molecule has 7 rings (SSSR count). The molecule has 1 fully saturated rings. The quantitative estimate of drug-likeness (QED) is 0.260. The van der Waals surface area contributed by atoms with Gasteiger partial charge in [-0.05, 0) is 97.5 Å². The van der Waals surface area contributed by atoms with Crippen molar-refractivity contribution in [1.29, 1.82) is 0 Å². The molecule has 3 heterocycles. The number of para-hydroxylation sites is 2. The Morgan fingerprint density at radius 3 is 2.49 bits per heavy atom. The highest BCUT2D eigenvalue weighted by molar-refractivity contribution is 6.00. The Bertz CT molecular complexity index is 1720. The normalized spacial score (nSPS) is 16.8. The maximum atomic E-state index is 14.4. The summed E-state index contributed by atoms with van der Waals surface area (Å²) >= 11 is 0. The van der Waals surface area contributed by atoms with Gasteiger partial charge in [0.15, 0.2) is 0 Å². The minimum atomic E-state index is -0.796. The molecule has 5 aromatic rings. The summed E-state index contributed by atoms with van der Waals surface area (Å²) in [5.41, 5.74) is 6.73. The number of aromatic amines is 1. The first-order valence-electron chi connectivity index (χ1n) is 14.1. The maximum absolute atomic E-state index is 14.4. The standard InChI is InChI=1S/C34H31FN4O2/c1-38-16-14-23(15-17-38)21-6-8-22(9-7-21)24-10-11-25-20-39(34(41)27(25)18-24)32(28-19-26(35)12-13-31(28)40)33-36-29-4-2-3-5-30(29)37-33/h2-13,18-19,23,32,40H,14-17,20H2,1H3,(H,36,37)/t32-/m1/s1. The third-order valence-corrected chi connectivity index (χ3v) is 8.64. The molecule has 2 aliphatic rings. The molecule has 1 saturated heterocycles. The van der Waals surface area contributed by atoms with Gasteiger partial charge < -0.3 is 19.9 Å². The highest BCUT2D eigenvalue weighted by Crippen LogP contribution is 2.40. The van der Waals surface area contributed by atoms with Crippen molar-refractivity contribution in [3.8, 4) is 16.9 Å². The number of phenols is 1. The number of nitrogens with zero attached hydrogens (tertiary/aromatic N) is 3. The van der Waals surface area contributed by atoms with E-state index in [1.165, 1.54) is 36.6 Å². The number of hydrogen-bond donors (Lipinski definition) is 2. The van der Waals surface area contributed by atoms with Gasteiger partial charge in [-0.25, -0.2) is 9.37 Å². The van der Waals surface area contributed by atoms with E-state index in [1.54, 1.807) is 4.90 Å². The van der Waals surface area contributed by atoms with Crippen LogP contribution in [0, 0.1) is 5.82 Å². The summed E-state index contributed by atoms with van der Waals surface area (Å²) in [6, 6.07) is 25.3. The van der Waals surface area contributed by atoms with Crippen molar-refractivity contribution >= 4 is 16.9 Å². The largest absolute Gasteiger partial charge is 0.508 e. The number of aromatic hydroxyl groups is 1. The van der Waals surface area contributed by atoms with E-state index in [2.05, 4.69) is 47.3 Å². The molecule has 7 heteroatoms. The smallest absolute Gasteiger partial charge is 0.255 e. The molecule has 0 bridgehead atoms. The lowest BCUT2D eigenvalue weighted by Crippen LogP contribution is -2.31. The van der Waals surface area contributed by atoms with Crippen LogP contribution in [0.1, 0.15) is 57.7 Å². The Hall–Kier alpha value is -4.49. The third-order valence-electron chi connectivity index (χ3n) is 8.64. The molecule has 0 aliphatic carbocycles. The number of hydrogen-bond acceptors (Lipinski definition) is 4. The van der Waals surface area contributed by atoms with E-state index in [1.807, 2.05) is 36.4 Å². The Kier molecular flexibility index (Phi) is 6.31. The van der Waals surface area contributed by atoms with Crippen LogP contribution in [0.3, 0.4) is 0 Å². The van der Waals surface area contributed by atoms with Crippen molar-refractivity contribution in [3.05, 3.63) is 119 Å². The predicted molar refractivity (Wildman–Crippen MR) is 157 cm³/mol. The number of rotatable bonds is 5. The first-order valence-corrected chi connectivity index (χ1v) is 14.1. The molecule has 1 atom stereocenters. The second kappa shape index (κ2) is 10.2. The molecule has 0 radical (unpaired) electrons. The molecule has 1 aromatic heterocycles.